The van der Waals surface area contributed by atoms with Gasteiger partial charge in [-0.25, -0.2) is 4.57 Å². The van der Waals surface area contributed by atoms with Gasteiger partial charge in [0.15, 0.2) is 0 Å². The first-order chi connectivity index (χ1) is 11.6. The molecule has 0 N–H and O–H groups in total. The molecule has 0 spiro atoms. The fraction of sp³-hybridized carbons (Fsp3) is 0.368. The lowest BCUT2D eigenvalue weighted by Gasteiger charge is -2.23. The maximum Gasteiger partial charge on any atom is 0.475 e. The second kappa shape index (κ2) is 9.75. The van der Waals surface area contributed by atoms with Crippen molar-refractivity contribution in [1.29, 1.82) is 0 Å². The minimum Gasteiger partial charge on any atom is -0.287 e. The highest BCUT2D eigenvalue weighted by Crippen LogP contribution is 2.51. The van der Waals surface area contributed by atoms with Gasteiger partial charge >= 0.3 is 7.82 Å². The van der Waals surface area contributed by atoms with Crippen molar-refractivity contribution < 1.29 is 18.1 Å². The summed E-state index contributed by atoms with van der Waals surface area (Å²) in [6.45, 7) is 4.11. The van der Waals surface area contributed by atoms with Crippen molar-refractivity contribution in [2.45, 2.75) is 32.8 Å². The summed E-state index contributed by atoms with van der Waals surface area (Å²) in [6.07, 6.45) is 0.985. The predicted molar refractivity (Wildman–Crippen MR) is 96.0 cm³/mol. The predicted octanol–water partition coefficient (Wildman–Crippen LogP) is 5.04. The Morgan fingerprint density at radius 1 is 0.792 bits per heavy atom. The molecular formula is C19H25O4P. The van der Waals surface area contributed by atoms with Crippen LogP contribution < -0.4 is 0 Å². The highest BCUT2D eigenvalue weighted by Gasteiger charge is 2.30. The highest BCUT2D eigenvalue weighted by molar-refractivity contribution is 7.48. The van der Waals surface area contributed by atoms with Gasteiger partial charge in [0.25, 0.3) is 0 Å². The minimum atomic E-state index is -3.55. The molecule has 0 heterocycles. The molecule has 0 atom stereocenters. The summed E-state index contributed by atoms with van der Waals surface area (Å²) in [7, 11) is -3.55. The van der Waals surface area contributed by atoms with Gasteiger partial charge in [0.2, 0.25) is 0 Å². The number of phosphoric acid groups is 1. The Morgan fingerprint density at radius 2 is 1.21 bits per heavy atom. The number of phosphoric ester groups is 1. The Bertz CT molecular complexity index is 579. The number of rotatable bonds is 10. The molecule has 0 radical (unpaired) electrons. The normalized spacial score (nSPS) is 11.8. The Balaban J connectivity index is 2.16. The molecule has 130 valence electrons. The first-order valence-corrected chi connectivity index (χ1v) is 9.76. The van der Waals surface area contributed by atoms with Crippen molar-refractivity contribution in [1.82, 2.24) is 0 Å². The van der Waals surface area contributed by atoms with Crippen molar-refractivity contribution in [2.75, 3.05) is 13.2 Å². The summed E-state index contributed by atoms with van der Waals surface area (Å²) in [5, 5.41) is 0. The summed E-state index contributed by atoms with van der Waals surface area (Å²) in [5.41, 5.74) is 2.25. The number of hydrogen-bond donors (Lipinski definition) is 0. The molecule has 4 nitrogen and oxygen atoms in total. The summed E-state index contributed by atoms with van der Waals surface area (Å²) >= 11 is 0. The van der Waals surface area contributed by atoms with Gasteiger partial charge in [-0.1, -0.05) is 60.7 Å². The zero-order valence-corrected chi connectivity index (χ0v) is 15.2. The van der Waals surface area contributed by atoms with Crippen molar-refractivity contribution >= 4 is 7.82 Å². The molecule has 0 amide bonds. The van der Waals surface area contributed by atoms with Crippen LogP contribution in [0.1, 0.15) is 25.0 Å². The Morgan fingerprint density at radius 3 is 1.58 bits per heavy atom. The van der Waals surface area contributed by atoms with Crippen LogP contribution in [-0.4, -0.2) is 19.3 Å². The average molecular weight is 348 g/mol. The monoisotopic (exact) mass is 348 g/mol. The quantitative estimate of drug-likeness (QED) is 0.564. The van der Waals surface area contributed by atoms with E-state index in [-0.39, 0.29) is 19.3 Å². The lowest BCUT2D eigenvalue weighted by atomic mass is 10.0. The van der Waals surface area contributed by atoms with E-state index in [1.807, 2.05) is 60.7 Å². The molecule has 0 saturated heterocycles. The molecule has 2 aromatic rings. The molecule has 0 aliphatic carbocycles. The number of hydrogen-bond acceptors (Lipinski definition) is 4. The molecular weight excluding hydrogens is 323 g/mol. The van der Waals surface area contributed by atoms with Crippen LogP contribution in [0.3, 0.4) is 0 Å². The van der Waals surface area contributed by atoms with Gasteiger partial charge in [-0.15, -0.1) is 0 Å². The van der Waals surface area contributed by atoms with E-state index in [4.69, 9.17) is 13.6 Å². The summed E-state index contributed by atoms with van der Waals surface area (Å²) in [4.78, 5) is 0. The van der Waals surface area contributed by atoms with Crippen LogP contribution in [-0.2, 0) is 31.0 Å². The van der Waals surface area contributed by atoms with Crippen LogP contribution in [0, 0.1) is 0 Å². The molecule has 0 saturated carbocycles. The third-order valence-electron chi connectivity index (χ3n) is 3.46. The van der Waals surface area contributed by atoms with Crippen molar-refractivity contribution in [2.24, 2.45) is 0 Å². The third kappa shape index (κ3) is 6.21. The molecule has 0 aliphatic heterocycles. The average Bonchev–Trinajstić information content (AvgIpc) is 2.57. The number of benzene rings is 2. The lowest BCUT2D eigenvalue weighted by Crippen LogP contribution is -2.19. The fourth-order valence-electron chi connectivity index (χ4n) is 2.50. The van der Waals surface area contributed by atoms with Crippen LogP contribution in [0.25, 0.3) is 0 Å². The molecule has 2 aromatic carbocycles. The fourth-order valence-corrected chi connectivity index (χ4v) is 3.84. The molecule has 0 aromatic heterocycles. The minimum absolute atomic E-state index is 0.278. The van der Waals surface area contributed by atoms with Crippen LogP contribution >= 0.6 is 7.82 Å². The third-order valence-corrected chi connectivity index (χ3v) is 5.17. The molecule has 5 heteroatoms. The van der Waals surface area contributed by atoms with Crippen molar-refractivity contribution in [3.8, 4) is 0 Å². The van der Waals surface area contributed by atoms with Crippen LogP contribution in [0.15, 0.2) is 60.7 Å². The molecule has 2 rings (SSSR count). The first kappa shape index (κ1) is 18.9. The second-order valence-corrected chi connectivity index (χ2v) is 7.01. The van der Waals surface area contributed by atoms with Crippen LogP contribution in [0.2, 0.25) is 0 Å². The molecule has 0 bridgehead atoms. The Kier molecular flexibility index (Phi) is 7.67. The zero-order chi connectivity index (χ0) is 17.3. The van der Waals surface area contributed by atoms with E-state index in [1.165, 1.54) is 0 Å². The van der Waals surface area contributed by atoms with E-state index in [0.717, 1.165) is 11.1 Å². The maximum absolute atomic E-state index is 12.7. The standard InChI is InChI=1S/C19H25O4P/c1-3-21-24(20,22-4-2)23-19(15-17-11-7-5-8-12-17)16-18-13-9-6-10-14-18/h5-14,19H,3-4,15-16H2,1-2H3. The summed E-state index contributed by atoms with van der Waals surface area (Å²) in [6, 6.07) is 20.0. The van der Waals surface area contributed by atoms with Gasteiger partial charge in [-0.05, 0) is 37.8 Å². The Hall–Kier alpha value is -1.45. The van der Waals surface area contributed by atoms with Gasteiger partial charge in [-0.2, -0.15) is 0 Å². The van der Waals surface area contributed by atoms with E-state index >= 15 is 0 Å². The van der Waals surface area contributed by atoms with Crippen molar-refractivity contribution in [3.05, 3.63) is 71.8 Å². The second-order valence-electron chi connectivity index (χ2n) is 5.39. The maximum atomic E-state index is 12.7. The van der Waals surface area contributed by atoms with E-state index in [1.54, 1.807) is 13.8 Å². The van der Waals surface area contributed by atoms with E-state index in [0.29, 0.717) is 12.8 Å². The van der Waals surface area contributed by atoms with Gasteiger partial charge in [0.1, 0.15) is 0 Å². The topological polar surface area (TPSA) is 44.8 Å². The smallest absolute Gasteiger partial charge is 0.287 e. The van der Waals surface area contributed by atoms with Crippen LogP contribution in [0.4, 0.5) is 0 Å². The lowest BCUT2D eigenvalue weighted by molar-refractivity contribution is 0.0837. The summed E-state index contributed by atoms with van der Waals surface area (Å²) in [5.74, 6) is 0. The SMILES string of the molecule is CCOP(=O)(OCC)OC(Cc1ccccc1)Cc1ccccc1. The molecule has 0 fully saturated rings. The van der Waals surface area contributed by atoms with Gasteiger partial charge in [0, 0.05) is 0 Å². The van der Waals surface area contributed by atoms with E-state index < -0.39 is 7.82 Å². The largest absolute Gasteiger partial charge is 0.475 e. The molecule has 24 heavy (non-hydrogen) atoms. The summed E-state index contributed by atoms with van der Waals surface area (Å²) < 4.78 is 29.1. The zero-order valence-electron chi connectivity index (χ0n) is 14.3. The molecule has 0 unspecified atom stereocenters. The first-order valence-electron chi connectivity index (χ1n) is 8.30. The van der Waals surface area contributed by atoms with Gasteiger partial charge < -0.3 is 0 Å². The van der Waals surface area contributed by atoms with Gasteiger partial charge in [-0.3, -0.25) is 13.6 Å². The van der Waals surface area contributed by atoms with Crippen LogP contribution in [0.5, 0.6) is 0 Å². The van der Waals surface area contributed by atoms with Gasteiger partial charge in [0.05, 0.1) is 19.3 Å². The highest BCUT2D eigenvalue weighted by atomic mass is 31.2. The van der Waals surface area contributed by atoms with E-state index in [9.17, 15) is 4.57 Å². The van der Waals surface area contributed by atoms with Crippen molar-refractivity contribution in [3.63, 3.8) is 0 Å². The Labute approximate surface area is 144 Å². The molecule has 0 aliphatic rings. The van der Waals surface area contributed by atoms with E-state index in [2.05, 4.69) is 0 Å².